The number of carbonyl (C=O) groups excluding carboxylic acids is 2. The molecule has 1 aliphatic rings. The van der Waals surface area contributed by atoms with Gasteiger partial charge < -0.3 is 9.47 Å². The van der Waals surface area contributed by atoms with Crippen molar-refractivity contribution >= 4 is 39.8 Å². The summed E-state index contributed by atoms with van der Waals surface area (Å²) < 4.78 is 25.1. The van der Waals surface area contributed by atoms with Crippen molar-refractivity contribution in [3.63, 3.8) is 0 Å². The van der Waals surface area contributed by atoms with Gasteiger partial charge in [-0.05, 0) is 76.5 Å². The fourth-order valence-electron chi connectivity index (χ4n) is 4.14. The zero-order chi connectivity index (χ0) is 25.8. The van der Waals surface area contributed by atoms with Gasteiger partial charge in [0.2, 0.25) is 0 Å². The predicted octanol–water partition coefficient (Wildman–Crippen LogP) is 7.19. The second kappa shape index (κ2) is 10.9. The van der Waals surface area contributed by atoms with Crippen molar-refractivity contribution in [1.82, 2.24) is 4.90 Å². The molecule has 0 N–H and O–H groups in total. The first-order valence-corrected chi connectivity index (χ1v) is 12.7. The van der Waals surface area contributed by atoms with Crippen LogP contribution >= 0.6 is 11.8 Å². The van der Waals surface area contributed by atoms with E-state index in [-0.39, 0.29) is 23.5 Å². The molecule has 0 atom stereocenters. The van der Waals surface area contributed by atoms with Gasteiger partial charge in [0.1, 0.15) is 12.4 Å². The van der Waals surface area contributed by atoms with Gasteiger partial charge in [0.25, 0.3) is 11.1 Å². The molecule has 0 aliphatic carbocycles. The van der Waals surface area contributed by atoms with E-state index in [1.54, 1.807) is 24.3 Å². The molecule has 1 fully saturated rings. The van der Waals surface area contributed by atoms with E-state index in [1.807, 2.05) is 43.3 Å². The molecular formula is C30H24FNO4S. The number of nitrogens with zero attached hydrogens (tertiary/aromatic N) is 1. The predicted molar refractivity (Wildman–Crippen MR) is 144 cm³/mol. The van der Waals surface area contributed by atoms with Crippen LogP contribution in [0.15, 0.2) is 89.8 Å². The molecule has 1 aliphatic heterocycles. The van der Waals surface area contributed by atoms with Gasteiger partial charge in [0, 0.05) is 0 Å². The van der Waals surface area contributed by atoms with E-state index in [0.717, 1.165) is 33.0 Å². The Morgan fingerprint density at radius 1 is 0.892 bits per heavy atom. The number of hydrogen-bond donors (Lipinski definition) is 0. The van der Waals surface area contributed by atoms with Crippen molar-refractivity contribution in [2.75, 3.05) is 6.61 Å². The summed E-state index contributed by atoms with van der Waals surface area (Å²) in [5, 5.41) is 1.92. The highest BCUT2D eigenvalue weighted by Gasteiger charge is 2.35. The minimum Gasteiger partial charge on any atom is -0.490 e. The summed E-state index contributed by atoms with van der Waals surface area (Å²) in [7, 11) is 0. The van der Waals surface area contributed by atoms with Gasteiger partial charge in [-0.25, -0.2) is 4.39 Å². The highest BCUT2D eigenvalue weighted by Crippen LogP contribution is 2.36. The average Bonchev–Trinajstić information content (AvgIpc) is 3.17. The van der Waals surface area contributed by atoms with Crippen LogP contribution in [0.3, 0.4) is 0 Å². The molecule has 0 saturated carbocycles. The smallest absolute Gasteiger partial charge is 0.293 e. The van der Waals surface area contributed by atoms with Gasteiger partial charge in [0.15, 0.2) is 11.5 Å². The average molecular weight is 514 g/mol. The first-order valence-electron chi connectivity index (χ1n) is 11.9. The molecule has 37 heavy (non-hydrogen) atoms. The molecule has 0 radical (unpaired) electrons. The molecule has 1 heterocycles. The molecule has 0 aromatic heterocycles. The Morgan fingerprint density at radius 3 is 2.49 bits per heavy atom. The van der Waals surface area contributed by atoms with E-state index in [2.05, 4.69) is 18.2 Å². The fraction of sp³-hybridized carbons (Fsp3) is 0.133. The Kier molecular flexibility index (Phi) is 7.23. The van der Waals surface area contributed by atoms with Crippen LogP contribution in [-0.4, -0.2) is 22.7 Å². The number of fused-ring (bicyclic) bond motifs is 1. The molecule has 0 bridgehead atoms. The third-order valence-corrected chi connectivity index (χ3v) is 6.86. The van der Waals surface area contributed by atoms with Crippen molar-refractivity contribution in [2.45, 2.75) is 20.1 Å². The second-order valence-corrected chi connectivity index (χ2v) is 9.45. The SMILES string of the molecule is CCOc1cc(/C=C2/SC(=O)N(Cc3ccc(F)cc3)C2=O)ccc1OCc1cccc2ccccc12. The number of benzene rings is 4. The Morgan fingerprint density at radius 2 is 1.68 bits per heavy atom. The van der Waals surface area contributed by atoms with Crippen molar-refractivity contribution in [3.05, 3.63) is 112 Å². The standard InChI is InChI=1S/C30H24FNO4S/c1-2-35-27-16-21(12-15-26(27)36-19-23-8-5-7-22-6-3-4-9-25(22)23)17-28-29(33)32(30(34)37-28)18-20-10-13-24(31)14-11-20/h3-17H,2,18-19H2,1H3/b28-17+. The quantitative estimate of drug-likeness (QED) is 0.233. The van der Waals surface area contributed by atoms with Gasteiger partial charge in [0.05, 0.1) is 18.1 Å². The summed E-state index contributed by atoms with van der Waals surface area (Å²) in [6.45, 7) is 2.81. The minimum atomic E-state index is -0.381. The topological polar surface area (TPSA) is 55.8 Å². The van der Waals surface area contributed by atoms with Gasteiger partial charge in [-0.2, -0.15) is 0 Å². The summed E-state index contributed by atoms with van der Waals surface area (Å²) in [4.78, 5) is 26.9. The number of halogens is 1. The van der Waals surface area contributed by atoms with E-state index in [1.165, 1.54) is 12.1 Å². The van der Waals surface area contributed by atoms with Crippen LogP contribution in [-0.2, 0) is 17.9 Å². The van der Waals surface area contributed by atoms with E-state index in [9.17, 15) is 14.0 Å². The summed E-state index contributed by atoms with van der Waals surface area (Å²) in [6, 6.07) is 25.5. The Balaban J connectivity index is 1.34. The first-order chi connectivity index (χ1) is 18.0. The van der Waals surface area contributed by atoms with Gasteiger partial charge in [-0.1, -0.05) is 60.7 Å². The zero-order valence-electron chi connectivity index (χ0n) is 20.1. The van der Waals surface area contributed by atoms with E-state index in [0.29, 0.717) is 40.7 Å². The summed E-state index contributed by atoms with van der Waals surface area (Å²) >= 11 is 0.883. The van der Waals surface area contributed by atoms with Gasteiger partial charge >= 0.3 is 0 Å². The Labute approximate surface area is 218 Å². The molecule has 0 unspecified atom stereocenters. The molecule has 5 nitrogen and oxygen atoms in total. The van der Waals surface area contributed by atoms with Crippen LogP contribution in [0.4, 0.5) is 9.18 Å². The number of amides is 2. The molecule has 2 amide bonds. The third-order valence-electron chi connectivity index (χ3n) is 5.96. The lowest BCUT2D eigenvalue weighted by atomic mass is 10.1. The van der Waals surface area contributed by atoms with Crippen LogP contribution in [0.2, 0.25) is 0 Å². The summed E-state index contributed by atoms with van der Waals surface area (Å²) in [6.07, 6.45) is 1.67. The second-order valence-electron chi connectivity index (χ2n) is 8.46. The maximum Gasteiger partial charge on any atom is 0.293 e. The minimum absolute atomic E-state index is 0.0907. The Hall–Kier alpha value is -4.10. The fourth-order valence-corrected chi connectivity index (χ4v) is 4.97. The highest BCUT2D eigenvalue weighted by atomic mass is 32.2. The lowest BCUT2D eigenvalue weighted by Gasteiger charge is -2.14. The maximum atomic E-state index is 13.2. The molecule has 4 aromatic rings. The van der Waals surface area contributed by atoms with Crippen LogP contribution in [0, 0.1) is 5.82 Å². The van der Waals surface area contributed by atoms with Crippen molar-refractivity contribution in [2.24, 2.45) is 0 Å². The number of hydrogen-bond acceptors (Lipinski definition) is 5. The maximum absolute atomic E-state index is 13.2. The largest absolute Gasteiger partial charge is 0.490 e. The van der Waals surface area contributed by atoms with Gasteiger partial charge in [-0.3, -0.25) is 14.5 Å². The first kappa shape index (κ1) is 24.6. The van der Waals surface area contributed by atoms with Crippen LogP contribution in [0.25, 0.3) is 16.8 Å². The molecule has 186 valence electrons. The van der Waals surface area contributed by atoms with E-state index >= 15 is 0 Å². The molecule has 5 rings (SSSR count). The molecule has 7 heteroatoms. The van der Waals surface area contributed by atoms with E-state index < -0.39 is 0 Å². The number of ether oxygens (including phenoxy) is 2. The van der Waals surface area contributed by atoms with Crippen LogP contribution in [0.5, 0.6) is 11.5 Å². The number of thioether (sulfide) groups is 1. The monoisotopic (exact) mass is 513 g/mol. The van der Waals surface area contributed by atoms with Crippen LogP contribution < -0.4 is 9.47 Å². The highest BCUT2D eigenvalue weighted by molar-refractivity contribution is 8.18. The third kappa shape index (κ3) is 5.52. The molecule has 4 aromatic carbocycles. The van der Waals surface area contributed by atoms with E-state index in [4.69, 9.17) is 9.47 Å². The number of rotatable bonds is 8. The van der Waals surface area contributed by atoms with Crippen LogP contribution in [0.1, 0.15) is 23.6 Å². The Bertz CT molecular complexity index is 1490. The van der Waals surface area contributed by atoms with Crippen molar-refractivity contribution in [1.29, 1.82) is 0 Å². The summed E-state index contributed by atoms with van der Waals surface area (Å²) in [5.41, 5.74) is 2.46. The number of imide groups is 1. The number of carbonyl (C=O) groups is 2. The van der Waals surface area contributed by atoms with Crippen molar-refractivity contribution in [3.8, 4) is 11.5 Å². The molecule has 0 spiro atoms. The normalized spacial score (nSPS) is 14.5. The summed E-state index contributed by atoms with van der Waals surface area (Å²) in [5.74, 6) is 0.402. The lowest BCUT2D eigenvalue weighted by Crippen LogP contribution is -2.27. The van der Waals surface area contributed by atoms with Crippen molar-refractivity contribution < 1.29 is 23.5 Å². The molecular weight excluding hydrogens is 489 g/mol. The zero-order valence-corrected chi connectivity index (χ0v) is 21.0. The lowest BCUT2D eigenvalue weighted by molar-refractivity contribution is -0.123. The molecule has 1 saturated heterocycles. The van der Waals surface area contributed by atoms with Gasteiger partial charge in [-0.15, -0.1) is 0 Å².